The molecule has 3 rings (SSSR count). The summed E-state index contributed by atoms with van der Waals surface area (Å²) in [6.07, 6.45) is 1.79. The number of hydrogen-bond acceptors (Lipinski definition) is 2. The summed E-state index contributed by atoms with van der Waals surface area (Å²) in [6.45, 7) is 1.02. The molecule has 1 heterocycles. The molecule has 0 aromatic heterocycles. The zero-order valence-electron chi connectivity index (χ0n) is 11.5. The van der Waals surface area contributed by atoms with E-state index in [0.29, 0.717) is 18.0 Å². The zero-order valence-corrected chi connectivity index (χ0v) is 13.9. The van der Waals surface area contributed by atoms with E-state index in [1.165, 1.54) is 5.56 Å². The summed E-state index contributed by atoms with van der Waals surface area (Å²) in [5.74, 6) is 0. The van der Waals surface area contributed by atoms with E-state index >= 15 is 0 Å². The SMILES string of the molecule is O=S(=O)(c1ccc(Br)cc1)N1CCCc2ccccc2C1. The molecule has 2 aromatic rings. The van der Waals surface area contributed by atoms with Gasteiger partial charge >= 0.3 is 0 Å². The van der Waals surface area contributed by atoms with Gasteiger partial charge in [-0.1, -0.05) is 40.2 Å². The standard InChI is InChI=1S/C16H16BrNO2S/c17-15-7-9-16(10-8-15)21(19,20)18-11-3-6-13-4-1-2-5-14(13)12-18/h1-2,4-5,7-10H,3,6,11-12H2. The van der Waals surface area contributed by atoms with Crippen molar-refractivity contribution in [2.24, 2.45) is 0 Å². The van der Waals surface area contributed by atoms with Crippen molar-refractivity contribution in [3.05, 3.63) is 64.1 Å². The molecule has 21 heavy (non-hydrogen) atoms. The summed E-state index contributed by atoms with van der Waals surface area (Å²) < 4.78 is 28.0. The minimum absolute atomic E-state index is 0.352. The molecular formula is C16H16BrNO2S. The average Bonchev–Trinajstić information content (AvgIpc) is 2.70. The van der Waals surface area contributed by atoms with E-state index in [1.807, 2.05) is 18.2 Å². The highest BCUT2D eigenvalue weighted by molar-refractivity contribution is 9.10. The van der Waals surface area contributed by atoms with Gasteiger partial charge in [-0.05, 0) is 48.2 Å². The maximum Gasteiger partial charge on any atom is 0.243 e. The molecule has 0 fully saturated rings. The van der Waals surface area contributed by atoms with Crippen LogP contribution in [0.3, 0.4) is 0 Å². The third kappa shape index (κ3) is 3.05. The molecule has 0 radical (unpaired) electrons. The third-order valence-electron chi connectivity index (χ3n) is 3.77. The van der Waals surface area contributed by atoms with Crippen LogP contribution in [0.2, 0.25) is 0 Å². The molecule has 2 aromatic carbocycles. The Morgan fingerprint density at radius 2 is 1.62 bits per heavy atom. The first-order valence-corrected chi connectivity index (χ1v) is 9.13. The lowest BCUT2D eigenvalue weighted by atomic mass is 10.0. The molecule has 1 aliphatic rings. The first-order valence-electron chi connectivity index (χ1n) is 6.90. The first-order chi connectivity index (χ1) is 10.1. The van der Waals surface area contributed by atoms with Gasteiger partial charge in [0.05, 0.1) is 4.90 Å². The average molecular weight is 366 g/mol. The number of halogens is 1. The van der Waals surface area contributed by atoms with Gasteiger partial charge in [0.25, 0.3) is 0 Å². The van der Waals surface area contributed by atoms with Crippen molar-refractivity contribution >= 4 is 26.0 Å². The van der Waals surface area contributed by atoms with Crippen LogP contribution < -0.4 is 0 Å². The van der Waals surface area contributed by atoms with E-state index in [2.05, 4.69) is 22.0 Å². The van der Waals surface area contributed by atoms with Crippen molar-refractivity contribution < 1.29 is 8.42 Å². The lowest BCUT2D eigenvalue weighted by Gasteiger charge is -2.20. The van der Waals surface area contributed by atoms with Gasteiger partial charge in [0.2, 0.25) is 10.0 Å². The van der Waals surface area contributed by atoms with E-state index < -0.39 is 10.0 Å². The fourth-order valence-electron chi connectivity index (χ4n) is 2.63. The first kappa shape index (κ1) is 14.8. The highest BCUT2D eigenvalue weighted by Gasteiger charge is 2.26. The summed E-state index contributed by atoms with van der Waals surface area (Å²) in [5.41, 5.74) is 2.36. The number of hydrogen-bond donors (Lipinski definition) is 0. The van der Waals surface area contributed by atoms with Crippen LogP contribution in [-0.4, -0.2) is 19.3 Å². The molecule has 0 aliphatic carbocycles. The second-order valence-corrected chi connectivity index (χ2v) is 8.02. The molecule has 0 N–H and O–H groups in total. The van der Waals surface area contributed by atoms with Crippen LogP contribution in [0.15, 0.2) is 57.9 Å². The minimum atomic E-state index is -3.43. The predicted molar refractivity (Wildman–Crippen MR) is 86.5 cm³/mol. The quantitative estimate of drug-likeness (QED) is 0.815. The van der Waals surface area contributed by atoms with Gasteiger partial charge in [0.1, 0.15) is 0 Å². The monoisotopic (exact) mass is 365 g/mol. The summed E-state index contributed by atoms with van der Waals surface area (Å²) in [5, 5.41) is 0. The predicted octanol–water partition coefficient (Wildman–Crippen LogP) is 3.59. The molecule has 110 valence electrons. The molecule has 5 heteroatoms. The molecular weight excluding hydrogens is 350 g/mol. The Labute approximate surface area is 133 Å². The van der Waals surface area contributed by atoms with E-state index in [0.717, 1.165) is 22.9 Å². The Morgan fingerprint density at radius 1 is 0.952 bits per heavy atom. The Hall–Kier alpha value is -1.17. The molecule has 0 unspecified atom stereocenters. The summed E-state index contributed by atoms with van der Waals surface area (Å²) in [6, 6.07) is 14.9. The van der Waals surface area contributed by atoms with E-state index in [4.69, 9.17) is 0 Å². The summed E-state index contributed by atoms with van der Waals surface area (Å²) in [4.78, 5) is 0.352. The second-order valence-electron chi connectivity index (χ2n) is 5.16. The minimum Gasteiger partial charge on any atom is -0.207 e. The van der Waals surface area contributed by atoms with Crippen molar-refractivity contribution in [3.8, 4) is 0 Å². The Balaban J connectivity index is 1.94. The number of sulfonamides is 1. The fraction of sp³-hybridized carbons (Fsp3) is 0.250. The van der Waals surface area contributed by atoms with Crippen molar-refractivity contribution in [3.63, 3.8) is 0 Å². The van der Waals surface area contributed by atoms with Crippen LogP contribution in [-0.2, 0) is 23.0 Å². The van der Waals surface area contributed by atoms with Crippen LogP contribution in [0, 0.1) is 0 Å². The lowest BCUT2D eigenvalue weighted by Crippen LogP contribution is -2.30. The van der Waals surface area contributed by atoms with Crippen molar-refractivity contribution in [1.29, 1.82) is 0 Å². The maximum absolute atomic E-state index is 12.8. The van der Waals surface area contributed by atoms with Gasteiger partial charge in [-0.15, -0.1) is 0 Å². The van der Waals surface area contributed by atoms with Crippen LogP contribution in [0.25, 0.3) is 0 Å². The van der Waals surface area contributed by atoms with Gasteiger partial charge in [-0.25, -0.2) is 8.42 Å². The van der Waals surface area contributed by atoms with Gasteiger partial charge in [0.15, 0.2) is 0 Å². The molecule has 0 bridgehead atoms. The van der Waals surface area contributed by atoms with E-state index in [9.17, 15) is 8.42 Å². The normalized spacial score (nSPS) is 16.2. The Morgan fingerprint density at radius 3 is 2.33 bits per heavy atom. The zero-order chi connectivity index (χ0) is 14.9. The van der Waals surface area contributed by atoms with E-state index in [1.54, 1.807) is 28.6 Å². The van der Waals surface area contributed by atoms with Crippen molar-refractivity contribution in [2.45, 2.75) is 24.3 Å². The van der Waals surface area contributed by atoms with Gasteiger partial charge < -0.3 is 0 Å². The topological polar surface area (TPSA) is 37.4 Å². The Bertz CT molecular complexity index is 741. The molecule has 0 spiro atoms. The third-order valence-corrected chi connectivity index (χ3v) is 6.16. The highest BCUT2D eigenvalue weighted by atomic mass is 79.9. The van der Waals surface area contributed by atoms with Crippen molar-refractivity contribution in [1.82, 2.24) is 4.31 Å². The number of benzene rings is 2. The second kappa shape index (κ2) is 5.91. The van der Waals surface area contributed by atoms with Crippen LogP contribution in [0.4, 0.5) is 0 Å². The van der Waals surface area contributed by atoms with Crippen molar-refractivity contribution in [2.75, 3.05) is 6.54 Å². The van der Waals surface area contributed by atoms with Crippen LogP contribution >= 0.6 is 15.9 Å². The van der Waals surface area contributed by atoms with E-state index in [-0.39, 0.29) is 0 Å². The van der Waals surface area contributed by atoms with Crippen LogP contribution in [0.1, 0.15) is 17.5 Å². The highest BCUT2D eigenvalue weighted by Crippen LogP contribution is 2.25. The molecule has 1 aliphatic heterocycles. The molecule has 0 saturated carbocycles. The maximum atomic E-state index is 12.8. The van der Waals surface area contributed by atoms with Gasteiger partial charge in [-0.3, -0.25) is 0 Å². The lowest BCUT2D eigenvalue weighted by molar-refractivity contribution is 0.410. The summed E-state index contributed by atoms with van der Waals surface area (Å²) in [7, 11) is -3.43. The number of rotatable bonds is 2. The number of fused-ring (bicyclic) bond motifs is 1. The molecule has 3 nitrogen and oxygen atoms in total. The Kier molecular flexibility index (Phi) is 4.15. The van der Waals surface area contributed by atoms with Gasteiger partial charge in [0, 0.05) is 17.6 Å². The fourth-order valence-corrected chi connectivity index (χ4v) is 4.35. The number of aryl methyl sites for hydroxylation is 1. The molecule has 0 amide bonds. The largest absolute Gasteiger partial charge is 0.243 e. The van der Waals surface area contributed by atoms with Crippen LogP contribution in [0.5, 0.6) is 0 Å². The smallest absolute Gasteiger partial charge is 0.207 e. The summed E-state index contributed by atoms with van der Waals surface area (Å²) >= 11 is 3.33. The van der Waals surface area contributed by atoms with Gasteiger partial charge in [-0.2, -0.15) is 4.31 Å². The molecule has 0 saturated heterocycles. The molecule has 0 atom stereocenters. The number of nitrogens with zero attached hydrogens (tertiary/aromatic N) is 1.